The molecular formula is C12H12F4O4S. The van der Waals surface area contributed by atoms with E-state index in [-0.39, 0.29) is 0 Å². The van der Waals surface area contributed by atoms with Crippen molar-refractivity contribution in [3.63, 3.8) is 0 Å². The molecule has 1 saturated carbocycles. The van der Waals surface area contributed by atoms with Crippen LogP contribution in [-0.4, -0.2) is 19.1 Å². The van der Waals surface area contributed by atoms with Gasteiger partial charge < -0.3 is 4.74 Å². The summed E-state index contributed by atoms with van der Waals surface area (Å²) in [4.78, 5) is -2.06. The largest absolute Gasteiger partial charge is 0.484 e. The van der Waals surface area contributed by atoms with Crippen molar-refractivity contribution in [2.24, 2.45) is 0 Å². The minimum Gasteiger partial charge on any atom is -0.484 e. The molecule has 0 spiro atoms. The van der Waals surface area contributed by atoms with Gasteiger partial charge in [0.05, 0.1) is 6.10 Å². The summed E-state index contributed by atoms with van der Waals surface area (Å²) < 4.78 is 89.6. The molecule has 1 aliphatic rings. The first-order valence-electron chi connectivity index (χ1n) is 6.23. The lowest BCUT2D eigenvalue weighted by Crippen LogP contribution is -2.22. The van der Waals surface area contributed by atoms with Gasteiger partial charge in [-0.05, 0) is 25.7 Å². The number of benzene rings is 1. The number of halogens is 4. The predicted molar refractivity (Wildman–Crippen MR) is 63.6 cm³/mol. The van der Waals surface area contributed by atoms with Gasteiger partial charge in [-0.15, -0.1) is 0 Å². The van der Waals surface area contributed by atoms with Crippen molar-refractivity contribution in [2.75, 3.05) is 0 Å². The molecule has 0 aromatic heterocycles. The SMILES string of the molecule is O=S(=O)(O)c1c(F)c(F)c(OC2CCCCC2)c(F)c1F. The Hall–Kier alpha value is -1.35. The maximum Gasteiger partial charge on any atom is 0.300 e. The van der Waals surface area contributed by atoms with Crippen LogP contribution in [0.5, 0.6) is 5.75 Å². The maximum atomic E-state index is 13.7. The first kappa shape index (κ1) is 16.0. The average Bonchev–Trinajstić information content (AvgIpc) is 2.41. The van der Waals surface area contributed by atoms with Gasteiger partial charge in [-0.3, -0.25) is 4.55 Å². The molecule has 1 aromatic carbocycles. The summed E-state index contributed by atoms with van der Waals surface area (Å²) in [6.07, 6.45) is 2.78. The Balaban J connectivity index is 2.48. The van der Waals surface area contributed by atoms with Crippen LogP contribution >= 0.6 is 0 Å². The van der Waals surface area contributed by atoms with E-state index in [9.17, 15) is 26.0 Å². The lowest BCUT2D eigenvalue weighted by atomic mass is 9.98. The van der Waals surface area contributed by atoms with Crippen LogP contribution < -0.4 is 4.74 Å². The molecule has 1 aromatic rings. The highest BCUT2D eigenvalue weighted by atomic mass is 32.2. The molecule has 2 rings (SSSR count). The monoisotopic (exact) mass is 328 g/mol. The van der Waals surface area contributed by atoms with Crippen molar-refractivity contribution in [2.45, 2.75) is 43.1 Å². The van der Waals surface area contributed by atoms with E-state index in [1.54, 1.807) is 0 Å². The summed E-state index contributed by atoms with van der Waals surface area (Å²) in [6.45, 7) is 0. The van der Waals surface area contributed by atoms with Crippen LogP contribution in [0.25, 0.3) is 0 Å². The van der Waals surface area contributed by atoms with Crippen molar-refractivity contribution in [3.8, 4) is 5.75 Å². The standard InChI is InChI=1S/C12H12F4O4S/c13-7-9(15)12(21(17,18)19)10(16)8(14)11(7)20-6-4-2-1-3-5-6/h6H,1-5H2,(H,17,18,19). The third-order valence-electron chi connectivity index (χ3n) is 3.28. The Kier molecular flexibility index (Phi) is 4.43. The van der Waals surface area contributed by atoms with E-state index in [1.165, 1.54) is 0 Å². The molecule has 118 valence electrons. The predicted octanol–water partition coefficient (Wildman–Crippen LogP) is 3.20. The van der Waals surface area contributed by atoms with Gasteiger partial charge in [-0.2, -0.15) is 17.2 Å². The number of ether oxygens (including phenoxy) is 1. The second-order valence-corrected chi connectivity index (χ2v) is 6.13. The molecule has 1 aliphatic carbocycles. The van der Waals surface area contributed by atoms with Crippen LogP contribution in [0.1, 0.15) is 32.1 Å². The van der Waals surface area contributed by atoms with Crippen LogP contribution in [0, 0.1) is 23.3 Å². The van der Waals surface area contributed by atoms with Crippen molar-refractivity contribution in [1.82, 2.24) is 0 Å². The van der Waals surface area contributed by atoms with Crippen LogP contribution in [0.4, 0.5) is 17.6 Å². The number of hydrogen-bond acceptors (Lipinski definition) is 3. The maximum absolute atomic E-state index is 13.7. The highest BCUT2D eigenvalue weighted by molar-refractivity contribution is 7.85. The van der Waals surface area contributed by atoms with Gasteiger partial charge in [-0.25, -0.2) is 8.78 Å². The summed E-state index contributed by atoms with van der Waals surface area (Å²) in [6, 6.07) is 0. The fraction of sp³-hybridized carbons (Fsp3) is 0.500. The van der Waals surface area contributed by atoms with Gasteiger partial charge in [0, 0.05) is 0 Å². The van der Waals surface area contributed by atoms with Crippen LogP contribution in [0.15, 0.2) is 4.90 Å². The Labute approximate surface area is 118 Å². The third kappa shape index (κ3) is 3.13. The molecule has 0 unspecified atom stereocenters. The van der Waals surface area contributed by atoms with Crippen molar-refractivity contribution >= 4 is 10.1 Å². The molecule has 0 aliphatic heterocycles. The topological polar surface area (TPSA) is 63.6 Å². The Morgan fingerprint density at radius 3 is 1.81 bits per heavy atom. The highest BCUT2D eigenvalue weighted by Gasteiger charge is 2.34. The Morgan fingerprint density at radius 1 is 0.905 bits per heavy atom. The molecule has 0 radical (unpaired) electrons. The van der Waals surface area contributed by atoms with Gasteiger partial charge in [0.2, 0.25) is 11.6 Å². The lowest BCUT2D eigenvalue weighted by molar-refractivity contribution is 0.137. The third-order valence-corrected chi connectivity index (χ3v) is 4.15. The fourth-order valence-electron chi connectivity index (χ4n) is 2.27. The van der Waals surface area contributed by atoms with Crippen molar-refractivity contribution in [3.05, 3.63) is 23.3 Å². The zero-order chi connectivity index (χ0) is 15.8. The molecule has 0 atom stereocenters. The first-order chi connectivity index (χ1) is 9.73. The molecule has 21 heavy (non-hydrogen) atoms. The first-order valence-corrected chi connectivity index (χ1v) is 7.67. The smallest absolute Gasteiger partial charge is 0.300 e. The van der Waals surface area contributed by atoms with Crippen LogP contribution in [0.2, 0.25) is 0 Å². The average molecular weight is 328 g/mol. The molecule has 9 heteroatoms. The van der Waals surface area contributed by atoms with Crippen molar-refractivity contribution in [1.29, 1.82) is 0 Å². The second kappa shape index (κ2) is 5.80. The number of hydrogen-bond donors (Lipinski definition) is 1. The minimum absolute atomic E-state index is 0.474. The van der Waals surface area contributed by atoms with Crippen LogP contribution in [0.3, 0.4) is 0 Å². The fourth-order valence-corrected chi connectivity index (χ4v) is 2.90. The molecule has 4 nitrogen and oxygen atoms in total. The van der Waals surface area contributed by atoms with E-state index in [0.717, 1.165) is 19.3 Å². The zero-order valence-corrected chi connectivity index (χ0v) is 11.5. The van der Waals surface area contributed by atoms with E-state index >= 15 is 0 Å². The summed E-state index contributed by atoms with van der Waals surface area (Å²) in [5.41, 5.74) is 0. The summed E-state index contributed by atoms with van der Waals surface area (Å²) >= 11 is 0. The Morgan fingerprint density at radius 2 is 1.38 bits per heavy atom. The Bertz CT molecular complexity index is 625. The summed E-state index contributed by atoms with van der Waals surface area (Å²) in [5, 5.41) is 0. The second-order valence-electron chi connectivity index (χ2n) is 4.77. The molecule has 1 N–H and O–H groups in total. The highest BCUT2D eigenvalue weighted by Crippen LogP contribution is 2.34. The van der Waals surface area contributed by atoms with E-state index in [4.69, 9.17) is 9.29 Å². The molecule has 0 heterocycles. The molecular weight excluding hydrogens is 316 g/mol. The van der Waals surface area contributed by atoms with E-state index in [2.05, 4.69) is 0 Å². The van der Waals surface area contributed by atoms with Gasteiger partial charge in [0.25, 0.3) is 0 Å². The quantitative estimate of drug-likeness (QED) is 0.526. The molecule has 0 saturated heterocycles. The van der Waals surface area contributed by atoms with Gasteiger partial charge in [0.15, 0.2) is 22.3 Å². The lowest BCUT2D eigenvalue weighted by Gasteiger charge is -2.23. The summed E-state index contributed by atoms with van der Waals surface area (Å²) in [5.74, 6) is -9.67. The zero-order valence-electron chi connectivity index (χ0n) is 10.7. The van der Waals surface area contributed by atoms with Gasteiger partial charge in [-0.1, -0.05) is 6.42 Å². The van der Waals surface area contributed by atoms with E-state index in [1.807, 2.05) is 0 Å². The molecule has 1 fully saturated rings. The normalized spacial score (nSPS) is 17.0. The van der Waals surface area contributed by atoms with E-state index in [0.29, 0.717) is 12.8 Å². The summed E-state index contributed by atoms with van der Waals surface area (Å²) in [7, 11) is -5.44. The number of rotatable bonds is 3. The van der Waals surface area contributed by atoms with E-state index < -0.39 is 50.1 Å². The van der Waals surface area contributed by atoms with Gasteiger partial charge in [0.1, 0.15) is 0 Å². The van der Waals surface area contributed by atoms with Gasteiger partial charge >= 0.3 is 10.1 Å². The van der Waals surface area contributed by atoms with Crippen LogP contribution in [-0.2, 0) is 10.1 Å². The molecule has 0 amide bonds. The minimum atomic E-state index is -5.44. The van der Waals surface area contributed by atoms with Crippen molar-refractivity contribution < 1.29 is 35.3 Å². The molecule has 0 bridgehead atoms.